The monoisotopic (exact) mass is 622 g/mol. The van der Waals surface area contributed by atoms with Crippen molar-refractivity contribution in [1.82, 2.24) is 19.8 Å². The number of hydrogen-bond donors (Lipinski definition) is 1. The number of halogens is 5. The third-order valence-corrected chi connectivity index (χ3v) is 9.28. The normalized spacial score (nSPS) is 26.1. The van der Waals surface area contributed by atoms with Crippen molar-refractivity contribution in [3.05, 3.63) is 52.5 Å². The number of anilines is 2. The van der Waals surface area contributed by atoms with E-state index in [1.54, 1.807) is 11.8 Å². The number of aryl methyl sites for hydroxylation is 1. The van der Waals surface area contributed by atoms with Gasteiger partial charge >= 0.3 is 12.2 Å². The Morgan fingerprint density at radius 2 is 1.93 bits per heavy atom. The number of likely N-dealkylation sites (N-methyl/N-ethyl adjacent to an activating group) is 1. The van der Waals surface area contributed by atoms with Crippen LogP contribution in [0.3, 0.4) is 0 Å². The summed E-state index contributed by atoms with van der Waals surface area (Å²) in [6, 6.07) is 0.716. The summed E-state index contributed by atoms with van der Waals surface area (Å²) in [6.07, 6.45) is -3.85. The molecule has 2 aliphatic heterocycles. The second-order valence-corrected chi connectivity index (χ2v) is 12.4. The molecule has 2 aromatic rings. The molecule has 44 heavy (non-hydrogen) atoms. The highest BCUT2D eigenvalue weighted by Crippen LogP contribution is 2.47. The van der Waals surface area contributed by atoms with Gasteiger partial charge in [-0.2, -0.15) is 23.1 Å². The number of amides is 1. The highest BCUT2D eigenvalue weighted by molar-refractivity contribution is 5.87. The Balaban J connectivity index is 1.55. The summed E-state index contributed by atoms with van der Waals surface area (Å²) in [7, 11) is 1.81. The lowest BCUT2D eigenvalue weighted by molar-refractivity contribution is -0.139. The van der Waals surface area contributed by atoms with Crippen LogP contribution in [0.25, 0.3) is 0 Å². The summed E-state index contributed by atoms with van der Waals surface area (Å²) in [5.74, 6) is -1.91. The van der Waals surface area contributed by atoms with E-state index in [1.807, 2.05) is 18.9 Å². The van der Waals surface area contributed by atoms with E-state index in [0.717, 1.165) is 11.6 Å². The molecule has 5 atom stereocenters. The molecule has 240 valence electrons. The van der Waals surface area contributed by atoms with E-state index in [0.29, 0.717) is 50.5 Å². The molecule has 1 aromatic heterocycles. The quantitative estimate of drug-likeness (QED) is 0.284. The Bertz CT molecular complexity index is 1440. The Kier molecular flexibility index (Phi) is 8.80. The number of fused-ring (bicyclic) bond motifs is 1. The van der Waals surface area contributed by atoms with Crippen molar-refractivity contribution in [2.24, 2.45) is 5.92 Å². The fourth-order valence-corrected chi connectivity index (χ4v) is 6.99. The molecule has 1 aliphatic carbocycles. The molecule has 0 spiro atoms. The Morgan fingerprint density at radius 1 is 1.20 bits per heavy atom. The summed E-state index contributed by atoms with van der Waals surface area (Å²) in [5.41, 5.74) is 5.16. The molecule has 0 saturated carbocycles. The van der Waals surface area contributed by atoms with Crippen LogP contribution >= 0.6 is 0 Å². The first kappa shape index (κ1) is 31.9. The number of hydrogen-bond acceptors (Lipinski definition) is 7. The van der Waals surface area contributed by atoms with Crippen molar-refractivity contribution in [1.29, 1.82) is 0 Å². The first-order valence-corrected chi connectivity index (χ1v) is 14.9. The van der Waals surface area contributed by atoms with Crippen LogP contribution in [0.4, 0.5) is 33.5 Å². The number of nitrogens with zero attached hydrogens (tertiary/aromatic N) is 5. The third kappa shape index (κ3) is 6.07. The molecule has 1 amide bonds. The Hall–Kier alpha value is -3.48. The molecule has 3 heterocycles. The van der Waals surface area contributed by atoms with Gasteiger partial charge < -0.3 is 20.3 Å². The van der Waals surface area contributed by atoms with Crippen molar-refractivity contribution in [2.75, 3.05) is 50.5 Å². The average Bonchev–Trinajstić information content (AvgIpc) is 3.28. The molecular formula is C31H39F5N6O2. The maximum atomic E-state index is 15.5. The maximum absolute atomic E-state index is 15.5. The van der Waals surface area contributed by atoms with Crippen LogP contribution in [0, 0.1) is 18.7 Å². The summed E-state index contributed by atoms with van der Waals surface area (Å²) in [4.78, 5) is 27.3. The largest absolute Gasteiger partial charge is 0.462 e. The van der Waals surface area contributed by atoms with Crippen molar-refractivity contribution in [3.63, 3.8) is 0 Å². The van der Waals surface area contributed by atoms with Gasteiger partial charge in [-0.3, -0.25) is 9.69 Å². The summed E-state index contributed by atoms with van der Waals surface area (Å²) in [6.45, 7) is 10.4. The zero-order chi connectivity index (χ0) is 32.1. The highest BCUT2D eigenvalue weighted by Gasteiger charge is 2.43. The number of carbonyl (C=O) groups excluding carboxylic acids is 1. The van der Waals surface area contributed by atoms with Gasteiger partial charge in [0.15, 0.2) is 0 Å². The van der Waals surface area contributed by atoms with Crippen LogP contribution in [0.1, 0.15) is 54.1 Å². The molecule has 3 aliphatic rings. The van der Waals surface area contributed by atoms with Crippen molar-refractivity contribution in [3.8, 4) is 6.01 Å². The fourth-order valence-electron chi connectivity index (χ4n) is 6.99. The predicted octanol–water partition coefficient (Wildman–Crippen LogP) is 4.69. The minimum Gasteiger partial charge on any atom is -0.462 e. The highest BCUT2D eigenvalue weighted by atomic mass is 19.4. The van der Waals surface area contributed by atoms with Gasteiger partial charge in [0.2, 0.25) is 5.91 Å². The van der Waals surface area contributed by atoms with Crippen LogP contribution in [-0.2, 0) is 23.8 Å². The lowest BCUT2D eigenvalue weighted by atomic mass is 9.73. The number of ether oxygens (including phenoxy) is 1. The van der Waals surface area contributed by atoms with Crippen LogP contribution in [0.5, 0.6) is 6.01 Å². The number of nitrogen functional groups attached to an aromatic ring is 1. The van der Waals surface area contributed by atoms with Crippen LogP contribution in [-0.4, -0.2) is 83.8 Å². The number of aromatic nitrogens is 2. The van der Waals surface area contributed by atoms with E-state index in [4.69, 9.17) is 15.5 Å². The lowest BCUT2D eigenvalue weighted by Crippen LogP contribution is -2.54. The molecular weight excluding hydrogens is 583 g/mol. The zero-order valence-corrected chi connectivity index (χ0v) is 25.4. The molecule has 0 radical (unpaired) electrons. The molecule has 13 heteroatoms. The van der Waals surface area contributed by atoms with Gasteiger partial charge in [-0.05, 0) is 69.7 Å². The van der Waals surface area contributed by atoms with Gasteiger partial charge in [0.1, 0.15) is 24.4 Å². The number of piperazine rings is 1. The van der Waals surface area contributed by atoms with Crippen molar-refractivity contribution < 1.29 is 31.5 Å². The maximum Gasteiger partial charge on any atom is 0.417 e. The topological polar surface area (TPSA) is 87.8 Å². The van der Waals surface area contributed by atoms with E-state index < -0.39 is 41.1 Å². The summed E-state index contributed by atoms with van der Waals surface area (Å²) in [5, 5.41) is 0. The fraction of sp³-hybridized carbons (Fsp3) is 0.581. The molecule has 1 aromatic carbocycles. The van der Waals surface area contributed by atoms with E-state index in [9.17, 15) is 22.4 Å². The second-order valence-electron chi connectivity index (χ2n) is 12.4. The number of likely N-dealkylation sites (tertiary alicyclic amines) is 1. The van der Waals surface area contributed by atoms with Crippen molar-refractivity contribution in [2.45, 2.75) is 70.4 Å². The van der Waals surface area contributed by atoms with Crippen LogP contribution in [0.2, 0.25) is 0 Å². The van der Waals surface area contributed by atoms with Gasteiger partial charge in [-0.1, -0.05) is 13.5 Å². The van der Waals surface area contributed by atoms with Gasteiger partial charge in [-0.25, -0.2) is 8.78 Å². The second kappa shape index (κ2) is 12.1. The third-order valence-electron chi connectivity index (χ3n) is 9.28. The molecule has 2 N–H and O–H groups in total. The first-order valence-electron chi connectivity index (χ1n) is 14.9. The average molecular weight is 623 g/mol. The number of carbonyl (C=O) groups is 1. The van der Waals surface area contributed by atoms with E-state index in [2.05, 4.69) is 16.5 Å². The number of rotatable bonds is 6. The lowest BCUT2D eigenvalue weighted by Gasteiger charge is -2.42. The molecule has 0 bridgehead atoms. The summed E-state index contributed by atoms with van der Waals surface area (Å²) < 4.78 is 78.5. The van der Waals surface area contributed by atoms with E-state index in [1.165, 1.54) is 13.0 Å². The molecule has 2 saturated heterocycles. The van der Waals surface area contributed by atoms with Gasteiger partial charge in [0.05, 0.1) is 16.9 Å². The smallest absolute Gasteiger partial charge is 0.417 e. The van der Waals surface area contributed by atoms with Crippen LogP contribution < -0.4 is 15.4 Å². The zero-order valence-electron chi connectivity index (χ0n) is 25.4. The van der Waals surface area contributed by atoms with Gasteiger partial charge in [0, 0.05) is 49.4 Å². The van der Waals surface area contributed by atoms with E-state index in [-0.39, 0.29) is 48.3 Å². The van der Waals surface area contributed by atoms with Gasteiger partial charge in [-0.15, -0.1) is 0 Å². The van der Waals surface area contributed by atoms with Crippen LogP contribution in [0.15, 0.2) is 18.7 Å². The minimum atomic E-state index is -4.78. The molecule has 2 fully saturated rings. The predicted molar refractivity (Wildman–Crippen MR) is 157 cm³/mol. The van der Waals surface area contributed by atoms with Crippen molar-refractivity contribution >= 4 is 17.4 Å². The van der Waals surface area contributed by atoms with E-state index >= 15 is 4.39 Å². The standard InChI is InChI=1S/C31H39F5N6O2/c1-6-25(43)41-7-8-42(18(4)13-41)29-22-9-16(2)21(26-27(31(34,35)36)17(3)10-23(37)28(26)33)12-24(22)38-30(39-29)44-15-20-11-19(32)14-40(20)5/h6,10,16,18-21H,1,7-9,11-15,37H2,2-5H3/t16-,18+,19-,20+,21-/m1/s1. The van der Waals surface area contributed by atoms with Gasteiger partial charge in [0.25, 0.3) is 0 Å². The Labute approximate surface area is 254 Å². The molecule has 0 unspecified atom stereocenters. The number of nitrogens with two attached hydrogens (primary N) is 1. The molecule has 5 rings (SSSR count). The number of benzene rings is 1. The minimum absolute atomic E-state index is 0.0183. The number of alkyl halides is 4. The Morgan fingerprint density at radius 3 is 2.55 bits per heavy atom. The molecule has 8 nitrogen and oxygen atoms in total. The summed E-state index contributed by atoms with van der Waals surface area (Å²) >= 11 is 0. The SMILES string of the molecule is C=CC(=O)N1CCN(c2nc(OC[C@@H]3C[C@@H](F)CN3C)nc3c2C[C@@H](C)[C@H](c2c(F)c(N)cc(C)c2C(F)(F)F)C3)[C@@H](C)C1. The first-order chi connectivity index (χ1) is 20.7.